The Hall–Kier alpha value is -0.840. The Balaban J connectivity index is 2.07. The van der Waals surface area contributed by atoms with Crippen molar-refractivity contribution >= 4 is 31.9 Å². The van der Waals surface area contributed by atoms with Crippen LogP contribution in [0.1, 0.15) is 26.3 Å². The third-order valence-electron chi connectivity index (χ3n) is 2.86. The van der Waals surface area contributed by atoms with Gasteiger partial charge in [-0.1, -0.05) is 22.0 Å². The van der Waals surface area contributed by atoms with Crippen molar-refractivity contribution in [1.29, 1.82) is 0 Å². The van der Waals surface area contributed by atoms with Crippen LogP contribution in [0, 0.1) is 0 Å². The van der Waals surface area contributed by atoms with E-state index in [1.807, 2.05) is 30.3 Å². The largest absolute Gasteiger partial charge is 0.456 e. The number of hydrogen-bond acceptors (Lipinski definition) is 2. The molecule has 112 valence electrons. The van der Waals surface area contributed by atoms with E-state index in [1.54, 1.807) is 0 Å². The van der Waals surface area contributed by atoms with Crippen LogP contribution in [0.3, 0.4) is 0 Å². The first-order valence-corrected chi connectivity index (χ1v) is 8.39. The Morgan fingerprint density at radius 3 is 2.24 bits per heavy atom. The normalized spacial score (nSPS) is 11.5. The number of halogens is 2. The van der Waals surface area contributed by atoms with Crippen LogP contribution in [0.4, 0.5) is 0 Å². The van der Waals surface area contributed by atoms with Gasteiger partial charge in [0.1, 0.15) is 11.5 Å². The predicted octanol–water partition coefficient (Wildman–Crippen LogP) is 5.89. The molecule has 0 unspecified atom stereocenters. The smallest absolute Gasteiger partial charge is 0.141 e. The van der Waals surface area contributed by atoms with Gasteiger partial charge in [0.05, 0.1) is 4.47 Å². The zero-order valence-electron chi connectivity index (χ0n) is 12.4. The van der Waals surface area contributed by atoms with Crippen LogP contribution < -0.4 is 10.1 Å². The highest BCUT2D eigenvalue weighted by molar-refractivity contribution is 9.10. The van der Waals surface area contributed by atoms with Crippen LogP contribution in [-0.4, -0.2) is 5.54 Å². The van der Waals surface area contributed by atoms with Gasteiger partial charge in [0, 0.05) is 16.6 Å². The van der Waals surface area contributed by atoms with Crippen molar-refractivity contribution < 1.29 is 4.74 Å². The second kappa shape index (κ2) is 6.95. The van der Waals surface area contributed by atoms with Gasteiger partial charge in [-0.05, 0) is 78.7 Å². The second-order valence-corrected chi connectivity index (χ2v) is 7.69. The van der Waals surface area contributed by atoms with Gasteiger partial charge in [0.2, 0.25) is 0 Å². The van der Waals surface area contributed by atoms with Gasteiger partial charge in [0.15, 0.2) is 0 Å². The van der Waals surface area contributed by atoms with E-state index in [-0.39, 0.29) is 5.54 Å². The van der Waals surface area contributed by atoms with E-state index in [0.29, 0.717) is 0 Å². The maximum Gasteiger partial charge on any atom is 0.141 e. The topological polar surface area (TPSA) is 21.3 Å². The minimum Gasteiger partial charge on any atom is -0.456 e. The number of rotatable bonds is 4. The van der Waals surface area contributed by atoms with Gasteiger partial charge < -0.3 is 10.1 Å². The van der Waals surface area contributed by atoms with Crippen LogP contribution in [0.15, 0.2) is 51.4 Å². The highest BCUT2D eigenvalue weighted by Gasteiger charge is 2.10. The van der Waals surface area contributed by atoms with Crippen molar-refractivity contribution in [3.05, 3.63) is 57.0 Å². The fourth-order valence-electron chi connectivity index (χ4n) is 1.73. The van der Waals surface area contributed by atoms with Crippen molar-refractivity contribution in [1.82, 2.24) is 5.32 Å². The third-order valence-corrected chi connectivity index (χ3v) is 4.01. The number of nitrogens with one attached hydrogen (secondary N) is 1. The Kier molecular flexibility index (Phi) is 5.47. The van der Waals surface area contributed by atoms with E-state index in [9.17, 15) is 0 Å². The van der Waals surface area contributed by atoms with Gasteiger partial charge in [0.25, 0.3) is 0 Å². The molecule has 0 fully saturated rings. The number of benzene rings is 2. The van der Waals surface area contributed by atoms with E-state index in [4.69, 9.17) is 4.74 Å². The molecule has 0 aliphatic carbocycles. The van der Waals surface area contributed by atoms with E-state index >= 15 is 0 Å². The molecule has 1 N–H and O–H groups in total. The highest BCUT2D eigenvalue weighted by Crippen LogP contribution is 2.31. The van der Waals surface area contributed by atoms with Gasteiger partial charge in [-0.25, -0.2) is 0 Å². The van der Waals surface area contributed by atoms with Crippen LogP contribution in [-0.2, 0) is 6.54 Å². The lowest BCUT2D eigenvalue weighted by atomic mass is 10.1. The van der Waals surface area contributed by atoms with E-state index in [0.717, 1.165) is 27.0 Å². The third kappa shape index (κ3) is 5.46. The lowest BCUT2D eigenvalue weighted by Crippen LogP contribution is -2.35. The summed E-state index contributed by atoms with van der Waals surface area (Å²) in [5, 5.41) is 3.47. The molecule has 0 aromatic heterocycles. The minimum absolute atomic E-state index is 0.110. The molecule has 0 spiro atoms. The molecule has 0 heterocycles. The van der Waals surface area contributed by atoms with Gasteiger partial charge in [-0.2, -0.15) is 0 Å². The zero-order chi connectivity index (χ0) is 15.5. The maximum atomic E-state index is 5.88. The molecule has 4 heteroatoms. The lowest BCUT2D eigenvalue weighted by Gasteiger charge is -2.20. The van der Waals surface area contributed by atoms with Crippen molar-refractivity contribution in [3.63, 3.8) is 0 Å². The Bertz CT molecular complexity index is 603. The summed E-state index contributed by atoms with van der Waals surface area (Å²) in [7, 11) is 0. The quantitative estimate of drug-likeness (QED) is 0.675. The SMILES string of the molecule is CC(C)(C)NCc1ccc(Oc2ccc(Br)cc2)c(Br)c1. The summed E-state index contributed by atoms with van der Waals surface area (Å²) < 4.78 is 7.87. The number of ether oxygens (including phenoxy) is 1. The summed E-state index contributed by atoms with van der Waals surface area (Å²) in [6.45, 7) is 7.31. The Morgan fingerprint density at radius 1 is 1.00 bits per heavy atom. The van der Waals surface area contributed by atoms with Gasteiger partial charge >= 0.3 is 0 Å². The molecule has 2 aromatic carbocycles. The molecule has 0 saturated carbocycles. The summed E-state index contributed by atoms with van der Waals surface area (Å²) >= 11 is 6.99. The van der Waals surface area contributed by atoms with Gasteiger partial charge in [-0.3, -0.25) is 0 Å². The van der Waals surface area contributed by atoms with Crippen LogP contribution in [0.5, 0.6) is 11.5 Å². The molecular weight excluding hydrogens is 394 g/mol. The first-order chi connectivity index (χ1) is 9.83. The molecule has 2 aromatic rings. The molecule has 0 atom stereocenters. The first kappa shape index (κ1) is 16.5. The van der Waals surface area contributed by atoms with Crippen molar-refractivity contribution in [2.75, 3.05) is 0 Å². The van der Waals surface area contributed by atoms with Gasteiger partial charge in [-0.15, -0.1) is 0 Å². The fourth-order valence-corrected chi connectivity index (χ4v) is 2.51. The molecule has 0 aliphatic rings. The van der Waals surface area contributed by atoms with Crippen LogP contribution >= 0.6 is 31.9 Å². The van der Waals surface area contributed by atoms with Crippen molar-refractivity contribution in [2.45, 2.75) is 32.9 Å². The van der Waals surface area contributed by atoms with E-state index < -0.39 is 0 Å². The van der Waals surface area contributed by atoms with E-state index in [2.05, 4.69) is 70.1 Å². The molecule has 2 nitrogen and oxygen atoms in total. The molecule has 0 aliphatic heterocycles. The summed E-state index contributed by atoms with van der Waals surface area (Å²) in [6.07, 6.45) is 0. The van der Waals surface area contributed by atoms with Crippen LogP contribution in [0.2, 0.25) is 0 Å². The summed E-state index contributed by atoms with van der Waals surface area (Å²) in [5.41, 5.74) is 1.33. The molecule has 0 bridgehead atoms. The molecule has 2 rings (SSSR count). The van der Waals surface area contributed by atoms with E-state index in [1.165, 1.54) is 5.56 Å². The first-order valence-electron chi connectivity index (χ1n) is 6.80. The predicted molar refractivity (Wildman–Crippen MR) is 95.0 cm³/mol. The highest BCUT2D eigenvalue weighted by atomic mass is 79.9. The standard InChI is InChI=1S/C17H19Br2NO/c1-17(2,3)20-11-12-4-9-16(15(19)10-12)21-14-7-5-13(18)6-8-14/h4-10,20H,11H2,1-3H3. The summed E-state index contributed by atoms with van der Waals surface area (Å²) in [4.78, 5) is 0. The fraction of sp³-hybridized carbons (Fsp3) is 0.294. The molecular formula is C17H19Br2NO. The maximum absolute atomic E-state index is 5.88. The molecule has 0 saturated heterocycles. The average molecular weight is 413 g/mol. The zero-order valence-corrected chi connectivity index (χ0v) is 15.6. The monoisotopic (exact) mass is 411 g/mol. The van der Waals surface area contributed by atoms with Crippen LogP contribution in [0.25, 0.3) is 0 Å². The molecule has 21 heavy (non-hydrogen) atoms. The van der Waals surface area contributed by atoms with Crippen molar-refractivity contribution in [2.24, 2.45) is 0 Å². The minimum atomic E-state index is 0.110. The van der Waals surface area contributed by atoms with Crippen molar-refractivity contribution in [3.8, 4) is 11.5 Å². The molecule has 0 amide bonds. The Labute approximate surface area is 143 Å². The molecule has 0 radical (unpaired) electrons. The second-order valence-electron chi connectivity index (χ2n) is 5.92. The average Bonchev–Trinajstić information content (AvgIpc) is 2.41. The summed E-state index contributed by atoms with van der Waals surface area (Å²) in [5.74, 6) is 1.64. The Morgan fingerprint density at radius 2 is 1.67 bits per heavy atom. The number of hydrogen-bond donors (Lipinski definition) is 1. The lowest BCUT2D eigenvalue weighted by molar-refractivity contribution is 0.424. The summed E-state index contributed by atoms with van der Waals surface area (Å²) in [6, 6.07) is 14.0.